The summed E-state index contributed by atoms with van der Waals surface area (Å²) in [4.78, 5) is 14.7. The zero-order chi connectivity index (χ0) is 11.7. The molecule has 1 N–H and O–H groups in total. The van der Waals surface area contributed by atoms with E-state index >= 15 is 0 Å². The summed E-state index contributed by atoms with van der Waals surface area (Å²) in [5.74, 6) is -0.445. The summed E-state index contributed by atoms with van der Waals surface area (Å²) in [6, 6.07) is 3.43. The highest BCUT2D eigenvalue weighted by molar-refractivity contribution is 6.36. The van der Waals surface area contributed by atoms with E-state index in [1.165, 1.54) is 18.0 Å². The van der Waals surface area contributed by atoms with Gasteiger partial charge in [-0.05, 0) is 12.1 Å². The number of imidazole rings is 1. The third-order valence-electron chi connectivity index (χ3n) is 2.21. The Hall–Kier alpha value is -1.75. The Kier molecular flexibility index (Phi) is 2.70. The molecule has 0 spiro atoms. The molecule has 0 aliphatic carbocycles. The number of nitrogens with zero attached hydrogens (tertiary/aromatic N) is 2. The molecule has 1 heterocycles. The van der Waals surface area contributed by atoms with Crippen LogP contribution in [0.25, 0.3) is 11.0 Å². The summed E-state index contributed by atoms with van der Waals surface area (Å²) < 4.78 is 6.54. The molecule has 0 bridgehead atoms. The van der Waals surface area contributed by atoms with Crippen LogP contribution in [0, 0.1) is 0 Å². The Morgan fingerprint density at radius 1 is 1.62 bits per heavy atom. The fourth-order valence-electron chi connectivity index (χ4n) is 1.53. The van der Waals surface area contributed by atoms with Crippen LogP contribution >= 0.6 is 11.6 Å². The van der Waals surface area contributed by atoms with Gasteiger partial charge in [0.25, 0.3) is 0 Å². The number of aliphatic carboxylic acids is 1. The second-order valence-electron chi connectivity index (χ2n) is 3.22. The lowest BCUT2D eigenvalue weighted by atomic mass is 10.3. The molecule has 16 heavy (non-hydrogen) atoms. The van der Waals surface area contributed by atoms with E-state index in [1.54, 1.807) is 12.1 Å². The number of rotatable bonds is 3. The van der Waals surface area contributed by atoms with E-state index < -0.39 is 5.97 Å². The number of halogens is 1. The smallest absolute Gasteiger partial charge is 0.323 e. The van der Waals surface area contributed by atoms with Crippen molar-refractivity contribution >= 4 is 28.6 Å². The summed E-state index contributed by atoms with van der Waals surface area (Å²) in [5, 5.41) is 9.11. The molecule has 1 aromatic carbocycles. The van der Waals surface area contributed by atoms with Crippen LogP contribution in [0.5, 0.6) is 5.75 Å². The Balaban J connectivity index is 2.63. The highest BCUT2D eigenvalue weighted by Crippen LogP contribution is 2.31. The molecular formula is C10H9ClN2O3. The predicted octanol–water partition coefficient (Wildman–Crippen LogP) is 1.78. The maximum absolute atomic E-state index is 10.7. The molecule has 0 unspecified atom stereocenters. The van der Waals surface area contributed by atoms with Gasteiger partial charge in [-0.2, -0.15) is 0 Å². The SMILES string of the molecule is COc1ccc2ncn(CC(=O)O)c2c1Cl. The zero-order valence-corrected chi connectivity index (χ0v) is 9.23. The van der Waals surface area contributed by atoms with Crippen molar-refractivity contribution in [1.29, 1.82) is 0 Å². The van der Waals surface area contributed by atoms with Gasteiger partial charge < -0.3 is 14.4 Å². The summed E-state index contributed by atoms with van der Waals surface area (Å²) in [5.41, 5.74) is 1.22. The average Bonchev–Trinajstić information content (AvgIpc) is 2.62. The van der Waals surface area contributed by atoms with Gasteiger partial charge in [-0.15, -0.1) is 0 Å². The first kappa shape index (κ1) is 10.8. The largest absolute Gasteiger partial charge is 0.495 e. The van der Waals surface area contributed by atoms with Gasteiger partial charge >= 0.3 is 5.97 Å². The van der Waals surface area contributed by atoms with Crippen LogP contribution in [0.3, 0.4) is 0 Å². The van der Waals surface area contributed by atoms with Crippen LogP contribution in [0.1, 0.15) is 0 Å². The number of methoxy groups -OCH3 is 1. The first-order valence-electron chi connectivity index (χ1n) is 4.52. The predicted molar refractivity (Wildman–Crippen MR) is 58.9 cm³/mol. The van der Waals surface area contributed by atoms with Gasteiger partial charge in [0.2, 0.25) is 0 Å². The van der Waals surface area contributed by atoms with Crippen LogP contribution in [0.4, 0.5) is 0 Å². The minimum atomic E-state index is -0.946. The highest BCUT2D eigenvalue weighted by Gasteiger charge is 2.12. The van der Waals surface area contributed by atoms with Crippen molar-refractivity contribution in [3.05, 3.63) is 23.5 Å². The molecule has 0 atom stereocenters. The first-order chi connectivity index (χ1) is 7.63. The topological polar surface area (TPSA) is 64.4 Å². The number of aromatic nitrogens is 2. The number of fused-ring (bicyclic) bond motifs is 1. The lowest BCUT2D eigenvalue weighted by Crippen LogP contribution is -2.07. The number of hydrogen-bond acceptors (Lipinski definition) is 3. The first-order valence-corrected chi connectivity index (χ1v) is 4.90. The molecule has 84 valence electrons. The molecule has 2 aromatic rings. The maximum Gasteiger partial charge on any atom is 0.323 e. The second-order valence-corrected chi connectivity index (χ2v) is 3.59. The van der Waals surface area contributed by atoms with Crippen molar-refractivity contribution in [2.75, 3.05) is 7.11 Å². The second kappa shape index (κ2) is 4.02. The van der Waals surface area contributed by atoms with E-state index in [-0.39, 0.29) is 6.54 Å². The van der Waals surface area contributed by atoms with Crippen LogP contribution in [-0.2, 0) is 11.3 Å². The van der Waals surface area contributed by atoms with Gasteiger partial charge in [0.05, 0.1) is 24.5 Å². The Bertz CT molecular complexity index is 550. The summed E-state index contributed by atoms with van der Waals surface area (Å²) in [6.45, 7) is -0.177. The number of carbonyl (C=O) groups is 1. The van der Waals surface area contributed by atoms with Gasteiger partial charge in [0.1, 0.15) is 17.3 Å². The Labute approximate surface area is 96.2 Å². The zero-order valence-electron chi connectivity index (χ0n) is 8.48. The minimum Gasteiger partial charge on any atom is -0.495 e. The van der Waals surface area contributed by atoms with Gasteiger partial charge in [0, 0.05) is 0 Å². The summed E-state index contributed by atoms with van der Waals surface area (Å²) in [6.07, 6.45) is 1.45. The molecule has 0 radical (unpaired) electrons. The standard InChI is InChI=1S/C10H9ClN2O3/c1-16-7-3-2-6-10(9(7)11)13(5-12-6)4-8(14)15/h2-3,5H,4H2,1H3,(H,14,15). The lowest BCUT2D eigenvalue weighted by molar-refractivity contribution is -0.137. The van der Waals surface area contributed by atoms with Crippen molar-refractivity contribution in [1.82, 2.24) is 9.55 Å². The summed E-state index contributed by atoms with van der Waals surface area (Å²) in [7, 11) is 1.50. The van der Waals surface area contributed by atoms with Crippen molar-refractivity contribution < 1.29 is 14.6 Å². The van der Waals surface area contributed by atoms with Crippen molar-refractivity contribution in [2.45, 2.75) is 6.54 Å². The minimum absolute atomic E-state index is 0.177. The third-order valence-corrected chi connectivity index (χ3v) is 2.57. The fraction of sp³-hybridized carbons (Fsp3) is 0.200. The molecule has 0 amide bonds. The number of ether oxygens (including phenoxy) is 1. The molecule has 0 fully saturated rings. The van der Waals surface area contributed by atoms with Crippen LogP contribution in [-0.4, -0.2) is 27.7 Å². The van der Waals surface area contributed by atoms with Crippen molar-refractivity contribution in [2.24, 2.45) is 0 Å². The molecule has 2 rings (SSSR count). The van der Waals surface area contributed by atoms with Crippen molar-refractivity contribution in [3.63, 3.8) is 0 Å². The number of benzene rings is 1. The molecule has 6 heteroatoms. The Morgan fingerprint density at radius 3 is 3.00 bits per heavy atom. The van der Waals surface area contributed by atoms with E-state index in [2.05, 4.69) is 4.98 Å². The van der Waals surface area contributed by atoms with Crippen LogP contribution in [0.15, 0.2) is 18.5 Å². The molecule has 0 saturated heterocycles. The maximum atomic E-state index is 10.7. The van der Waals surface area contributed by atoms with E-state index in [4.69, 9.17) is 21.4 Å². The summed E-state index contributed by atoms with van der Waals surface area (Å²) >= 11 is 6.09. The molecule has 5 nitrogen and oxygen atoms in total. The normalized spacial score (nSPS) is 10.6. The highest BCUT2D eigenvalue weighted by atomic mass is 35.5. The average molecular weight is 241 g/mol. The van der Waals surface area contributed by atoms with E-state index in [0.717, 1.165) is 0 Å². The third kappa shape index (κ3) is 1.69. The Morgan fingerprint density at radius 2 is 2.38 bits per heavy atom. The van der Waals surface area contributed by atoms with E-state index in [1.807, 2.05) is 0 Å². The molecule has 0 aliphatic rings. The van der Waals surface area contributed by atoms with E-state index in [9.17, 15) is 4.79 Å². The van der Waals surface area contributed by atoms with Crippen molar-refractivity contribution in [3.8, 4) is 5.75 Å². The van der Waals surface area contributed by atoms with Crippen LogP contribution < -0.4 is 4.74 Å². The van der Waals surface area contributed by atoms with Crippen LogP contribution in [0.2, 0.25) is 5.02 Å². The van der Waals surface area contributed by atoms with Gasteiger partial charge in [0.15, 0.2) is 0 Å². The van der Waals surface area contributed by atoms with Gasteiger partial charge in [-0.1, -0.05) is 11.6 Å². The lowest BCUT2D eigenvalue weighted by Gasteiger charge is -2.06. The quantitative estimate of drug-likeness (QED) is 0.888. The molecule has 0 aliphatic heterocycles. The number of hydrogen-bond donors (Lipinski definition) is 1. The van der Waals surface area contributed by atoms with Gasteiger partial charge in [-0.25, -0.2) is 4.98 Å². The van der Waals surface area contributed by atoms with Gasteiger partial charge in [-0.3, -0.25) is 4.79 Å². The van der Waals surface area contributed by atoms with E-state index in [0.29, 0.717) is 21.8 Å². The monoisotopic (exact) mass is 240 g/mol. The fourth-order valence-corrected chi connectivity index (χ4v) is 1.87. The molecule has 1 aromatic heterocycles. The number of carboxylic acid groups (broad SMARTS) is 1. The molecular weight excluding hydrogens is 232 g/mol. The molecule has 0 saturated carbocycles. The number of carboxylic acids is 1.